The molecule has 0 bridgehead atoms. The minimum atomic E-state index is -3.31. The Balaban J connectivity index is 1.95. The highest BCUT2D eigenvalue weighted by molar-refractivity contribution is 9.08. The van der Waals surface area contributed by atoms with Crippen molar-refractivity contribution < 1.29 is 8.42 Å². The van der Waals surface area contributed by atoms with Crippen molar-refractivity contribution in [1.82, 2.24) is 4.72 Å². The number of nitrogens with one attached hydrogen (secondary N) is 1. The van der Waals surface area contributed by atoms with Crippen molar-refractivity contribution in [2.24, 2.45) is 0 Å². The first-order chi connectivity index (χ1) is 9.59. The van der Waals surface area contributed by atoms with Crippen LogP contribution in [0, 0.1) is 0 Å². The van der Waals surface area contributed by atoms with Crippen molar-refractivity contribution in [3.8, 4) is 0 Å². The minimum absolute atomic E-state index is 0.00727. The van der Waals surface area contributed by atoms with Crippen LogP contribution in [0.3, 0.4) is 0 Å². The van der Waals surface area contributed by atoms with Crippen molar-refractivity contribution in [1.29, 1.82) is 0 Å². The van der Waals surface area contributed by atoms with Crippen molar-refractivity contribution in [2.75, 3.05) is 0 Å². The maximum Gasteiger partial charge on any atom is 0.216 e. The molecule has 106 valence electrons. The number of sulfonamides is 1. The molecule has 3 nitrogen and oxygen atoms in total. The molecule has 0 aromatic heterocycles. The lowest BCUT2D eigenvalue weighted by atomic mass is 10.2. The lowest BCUT2D eigenvalue weighted by molar-refractivity contribution is 0.580. The molecule has 2 aromatic carbocycles. The fourth-order valence-corrected chi connectivity index (χ4v) is 3.28. The van der Waals surface area contributed by atoms with Gasteiger partial charge < -0.3 is 0 Å². The molecule has 20 heavy (non-hydrogen) atoms. The molecule has 0 aliphatic heterocycles. The fraction of sp³-hybridized carbons (Fsp3) is 0.200. The lowest BCUT2D eigenvalue weighted by Crippen LogP contribution is -2.24. The molecule has 0 aliphatic carbocycles. The minimum Gasteiger partial charge on any atom is -0.212 e. The van der Waals surface area contributed by atoms with E-state index in [2.05, 4.69) is 20.7 Å². The molecule has 0 amide bonds. The van der Waals surface area contributed by atoms with Crippen molar-refractivity contribution in [2.45, 2.75) is 17.6 Å². The molecule has 0 saturated heterocycles. The van der Waals surface area contributed by atoms with Crippen molar-refractivity contribution >= 4 is 26.0 Å². The summed E-state index contributed by atoms with van der Waals surface area (Å²) < 4.78 is 26.6. The maximum absolute atomic E-state index is 12.0. The van der Waals surface area contributed by atoms with E-state index in [1.807, 2.05) is 54.6 Å². The monoisotopic (exact) mass is 353 g/mol. The molecule has 0 heterocycles. The number of hydrogen-bond donors (Lipinski definition) is 1. The van der Waals surface area contributed by atoms with Gasteiger partial charge in [-0.15, -0.1) is 0 Å². The number of halogens is 1. The average Bonchev–Trinajstić information content (AvgIpc) is 2.46. The largest absolute Gasteiger partial charge is 0.216 e. The van der Waals surface area contributed by atoms with Gasteiger partial charge in [-0.1, -0.05) is 70.5 Å². The SMILES string of the molecule is O=S(=O)(Cc1ccccc1)NCc1ccc(CBr)cc1. The van der Waals surface area contributed by atoms with E-state index in [4.69, 9.17) is 0 Å². The molecule has 0 fully saturated rings. The molecule has 5 heteroatoms. The van der Waals surface area contributed by atoms with Crippen LogP contribution in [0.2, 0.25) is 0 Å². The van der Waals surface area contributed by atoms with Gasteiger partial charge in [0.1, 0.15) is 0 Å². The van der Waals surface area contributed by atoms with E-state index in [1.165, 1.54) is 5.56 Å². The van der Waals surface area contributed by atoms with Crippen LogP contribution in [0.1, 0.15) is 16.7 Å². The second-order valence-corrected chi connectivity index (χ2v) is 6.88. The zero-order chi connectivity index (χ0) is 14.4. The Hall–Kier alpha value is -1.17. The van der Waals surface area contributed by atoms with Gasteiger partial charge >= 0.3 is 0 Å². The van der Waals surface area contributed by atoms with E-state index in [0.29, 0.717) is 6.54 Å². The molecule has 2 aromatic rings. The summed E-state index contributed by atoms with van der Waals surface area (Å²) in [6, 6.07) is 17.0. The van der Waals surface area contributed by atoms with Gasteiger partial charge in [-0.25, -0.2) is 13.1 Å². The maximum atomic E-state index is 12.0. The van der Waals surface area contributed by atoms with Gasteiger partial charge in [-0.2, -0.15) is 0 Å². The molecule has 1 N–H and O–H groups in total. The first kappa shape index (κ1) is 15.2. The molecular weight excluding hydrogens is 338 g/mol. The van der Waals surface area contributed by atoms with E-state index in [-0.39, 0.29) is 5.75 Å². The van der Waals surface area contributed by atoms with E-state index in [1.54, 1.807) is 0 Å². The highest BCUT2D eigenvalue weighted by Crippen LogP contribution is 2.09. The van der Waals surface area contributed by atoms with Crippen LogP contribution in [-0.2, 0) is 27.7 Å². The van der Waals surface area contributed by atoms with Crippen LogP contribution < -0.4 is 4.72 Å². The number of rotatable bonds is 6. The summed E-state index contributed by atoms with van der Waals surface area (Å²) in [5, 5.41) is 0.799. The van der Waals surface area contributed by atoms with Gasteiger partial charge in [0, 0.05) is 11.9 Å². The van der Waals surface area contributed by atoms with Crippen molar-refractivity contribution in [3.63, 3.8) is 0 Å². The third-order valence-corrected chi connectivity index (χ3v) is 4.82. The Morgan fingerprint density at radius 1 is 0.850 bits per heavy atom. The van der Waals surface area contributed by atoms with E-state index in [9.17, 15) is 8.42 Å². The number of hydrogen-bond acceptors (Lipinski definition) is 2. The first-order valence-corrected chi connectivity index (χ1v) is 9.01. The van der Waals surface area contributed by atoms with Gasteiger partial charge in [0.15, 0.2) is 0 Å². The van der Waals surface area contributed by atoms with E-state index in [0.717, 1.165) is 16.5 Å². The third kappa shape index (κ3) is 4.74. The Morgan fingerprint density at radius 3 is 2.05 bits per heavy atom. The van der Waals surface area contributed by atoms with Crippen LogP contribution >= 0.6 is 15.9 Å². The van der Waals surface area contributed by atoms with Crippen LogP contribution in [0.25, 0.3) is 0 Å². The summed E-state index contributed by atoms with van der Waals surface area (Å²) in [7, 11) is -3.31. The average molecular weight is 354 g/mol. The molecule has 2 rings (SSSR count). The lowest BCUT2D eigenvalue weighted by Gasteiger charge is -2.07. The summed E-state index contributed by atoms with van der Waals surface area (Å²) in [4.78, 5) is 0. The van der Waals surface area contributed by atoms with Gasteiger partial charge in [0.2, 0.25) is 10.0 Å². The molecule has 0 atom stereocenters. The zero-order valence-electron chi connectivity index (χ0n) is 10.9. The summed E-state index contributed by atoms with van der Waals surface area (Å²) in [5.74, 6) is 0.00727. The van der Waals surface area contributed by atoms with E-state index >= 15 is 0 Å². The second kappa shape index (κ2) is 7.02. The topological polar surface area (TPSA) is 46.2 Å². The Morgan fingerprint density at radius 2 is 1.45 bits per heavy atom. The fourth-order valence-electron chi connectivity index (χ4n) is 1.78. The van der Waals surface area contributed by atoms with Crippen molar-refractivity contribution in [3.05, 3.63) is 71.3 Å². The molecule has 0 radical (unpaired) electrons. The Kier molecular flexibility index (Phi) is 5.34. The molecule has 0 aliphatic rings. The zero-order valence-corrected chi connectivity index (χ0v) is 13.3. The number of benzene rings is 2. The predicted molar refractivity (Wildman–Crippen MR) is 85.0 cm³/mol. The molecular formula is C15H16BrNO2S. The molecule has 0 spiro atoms. The quantitative estimate of drug-likeness (QED) is 0.810. The van der Waals surface area contributed by atoms with Gasteiger partial charge in [0.25, 0.3) is 0 Å². The third-order valence-electron chi connectivity index (χ3n) is 2.87. The number of alkyl halides is 1. The predicted octanol–water partition coefficient (Wildman–Crippen LogP) is 3.20. The second-order valence-electron chi connectivity index (χ2n) is 4.52. The summed E-state index contributed by atoms with van der Waals surface area (Å²) in [6.45, 7) is 0.317. The van der Waals surface area contributed by atoms with Gasteiger partial charge in [0.05, 0.1) is 5.75 Å². The smallest absolute Gasteiger partial charge is 0.212 e. The highest BCUT2D eigenvalue weighted by Gasteiger charge is 2.10. The summed E-state index contributed by atoms with van der Waals surface area (Å²) in [6.07, 6.45) is 0. The van der Waals surface area contributed by atoms with E-state index < -0.39 is 10.0 Å². The summed E-state index contributed by atoms with van der Waals surface area (Å²) in [5.41, 5.74) is 2.90. The molecule has 0 unspecified atom stereocenters. The van der Waals surface area contributed by atoms with Gasteiger partial charge in [-0.05, 0) is 16.7 Å². The first-order valence-electron chi connectivity index (χ1n) is 6.24. The molecule has 0 saturated carbocycles. The standard InChI is InChI=1S/C15H16BrNO2S/c16-10-13-6-8-14(9-7-13)11-17-20(18,19)12-15-4-2-1-3-5-15/h1-9,17H,10-12H2. The Labute approximate surface area is 128 Å². The van der Waals surface area contributed by atoms with Crippen LogP contribution in [0.4, 0.5) is 0 Å². The van der Waals surface area contributed by atoms with Crippen LogP contribution in [0.5, 0.6) is 0 Å². The van der Waals surface area contributed by atoms with Crippen LogP contribution in [-0.4, -0.2) is 8.42 Å². The summed E-state index contributed by atoms with van der Waals surface area (Å²) >= 11 is 3.38. The van der Waals surface area contributed by atoms with Gasteiger partial charge in [-0.3, -0.25) is 0 Å². The Bertz CT molecular complexity index is 639. The highest BCUT2D eigenvalue weighted by atomic mass is 79.9. The van der Waals surface area contributed by atoms with Crippen LogP contribution in [0.15, 0.2) is 54.6 Å². The normalized spacial score (nSPS) is 11.4.